The van der Waals surface area contributed by atoms with Gasteiger partial charge in [0.1, 0.15) is 0 Å². The van der Waals surface area contributed by atoms with Crippen LogP contribution in [0.15, 0.2) is 24.3 Å². The van der Waals surface area contributed by atoms with Gasteiger partial charge in [-0.3, -0.25) is 5.32 Å². The average Bonchev–Trinajstić information content (AvgIpc) is 2.52. The molecule has 158 valence electrons. The number of urea groups is 1. The Morgan fingerprint density at radius 1 is 1.11 bits per heavy atom. The van der Waals surface area contributed by atoms with Gasteiger partial charge in [0.25, 0.3) is 0 Å². The first kappa shape index (κ1) is 23.5. The fourth-order valence-electron chi connectivity index (χ4n) is 2.06. The number of esters is 1. The molecule has 0 saturated heterocycles. The summed E-state index contributed by atoms with van der Waals surface area (Å²) in [5.41, 5.74) is -5.42. The van der Waals surface area contributed by atoms with Crippen molar-refractivity contribution in [2.45, 2.75) is 45.0 Å². The van der Waals surface area contributed by atoms with Crippen molar-refractivity contribution in [3.63, 3.8) is 0 Å². The highest BCUT2D eigenvalue weighted by atomic mass is 19.4. The van der Waals surface area contributed by atoms with Crippen molar-refractivity contribution in [2.24, 2.45) is 0 Å². The number of nitrogens with one attached hydrogen (secondary N) is 2. The number of alkyl halides is 6. The van der Waals surface area contributed by atoms with E-state index in [0.29, 0.717) is 12.1 Å². The molecular formula is C16H18F6N2O4. The second kappa shape index (κ2) is 8.67. The van der Waals surface area contributed by atoms with Crippen LogP contribution < -0.4 is 10.6 Å². The molecule has 12 heteroatoms. The Kier molecular flexibility index (Phi) is 7.29. The Balaban J connectivity index is 3.18. The lowest BCUT2D eigenvalue weighted by Crippen LogP contribution is -2.67. The molecule has 0 saturated carbocycles. The van der Waals surface area contributed by atoms with Gasteiger partial charge in [0.2, 0.25) is 0 Å². The minimum absolute atomic E-state index is 0.435. The molecule has 0 radical (unpaired) electrons. The first-order valence-electron chi connectivity index (χ1n) is 7.91. The summed E-state index contributed by atoms with van der Waals surface area (Å²) in [4.78, 5) is 24.0. The Hall–Kier alpha value is -2.50. The summed E-state index contributed by atoms with van der Waals surface area (Å²) in [5, 5.41) is 3.15. The van der Waals surface area contributed by atoms with Gasteiger partial charge in [-0.15, -0.1) is 0 Å². The second-order valence-electron chi connectivity index (χ2n) is 5.72. The summed E-state index contributed by atoms with van der Waals surface area (Å²) in [7, 11) is 0. The van der Waals surface area contributed by atoms with Gasteiger partial charge in [0.05, 0.1) is 18.3 Å². The van der Waals surface area contributed by atoms with Crippen LogP contribution in [0.2, 0.25) is 0 Å². The lowest BCUT2D eigenvalue weighted by molar-refractivity contribution is -0.292. The zero-order valence-corrected chi connectivity index (χ0v) is 15.0. The smallest absolute Gasteiger partial charge is 0.448 e. The fourth-order valence-corrected chi connectivity index (χ4v) is 2.06. The maximum atomic E-state index is 13.6. The van der Waals surface area contributed by atoms with Gasteiger partial charge in [0.15, 0.2) is 0 Å². The maximum absolute atomic E-state index is 13.6. The fraction of sp³-hybridized carbons (Fsp3) is 0.500. The van der Waals surface area contributed by atoms with Crippen molar-refractivity contribution >= 4 is 17.7 Å². The van der Waals surface area contributed by atoms with E-state index in [-0.39, 0.29) is 0 Å². The Morgan fingerprint density at radius 2 is 1.71 bits per heavy atom. The maximum Gasteiger partial charge on any atom is 0.448 e. The molecule has 0 aliphatic carbocycles. The van der Waals surface area contributed by atoms with Crippen LogP contribution in [0.4, 0.5) is 36.8 Å². The predicted octanol–water partition coefficient (Wildman–Crippen LogP) is 4.07. The van der Waals surface area contributed by atoms with E-state index in [1.807, 2.05) is 5.32 Å². The van der Waals surface area contributed by atoms with Gasteiger partial charge >= 0.3 is 30.1 Å². The molecule has 6 nitrogen and oxygen atoms in total. The molecule has 0 aliphatic rings. The molecule has 2 amide bonds. The monoisotopic (exact) mass is 416 g/mol. The summed E-state index contributed by atoms with van der Waals surface area (Å²) in [6.45, 7) is 3.18. The van der Waals surface area contributed by atoms with Gasteiger partial charge in [-0.05, 0) is 39.0 Å². The van der Waals surface area contributed by atoms with Crippen LogP contribution in [0.25, 0.3) is 0 Å². The standard InChI is InChI=1S/C16H18F6N2O4/c1-4-27-12(25)14(16(20,21)22,28-9(2)3)24-13(26)23-11-7-5-6-10(8-11)15(17,18)19/h5-9H,4H2,1-3H3,(H2,23,24,26)/t14-/m0/s1. The third-order valence-corrected chi connectivity index (χ3v) is 3.11. The van der Waals surface area contributed by atoms with Gasteiger partial charge in [-0.2, -0.15) is 26.3 Å². The number of anilines is 1. The molecule has 0 aliphatic heterocycles. The minimum Gasteiger partial charge on any atom is -0.462 e. The topological polar surface area (TPSA) is 76.7 Å². The van der Waals surface area contributed by atoms with E-state index in [1.54, 1.807) is 0 Å². The summed E-state index contributed by atoms with van der Waals surface area (Å²) < 4.78 is 88.0. The van der Waals surface area contributed by atoms with Crippen LogP contribution in [0, 0.1) is 0 Å². The van der Waals surface area contributed by atoms with Crippen molar-refractivity contribution in [2.75, 3.05) is 11.9 Å². The van der Waals surface area contributed by atoms with Crippen molar-refractivity contribution in [3.8, 4) is 0 Å². The molecule has 0 spiro atoms. The van der Waals surface area contributed by atoms with Gasteiger partial charge in [-0.1, -0.05) is 6.07 Å². The predicted molar refractivity (Wildman–Crippen MR) is 85.2 cm³/mol. The number of amides is 2. The van der Waals surface area contributed by atoms with Crippen molar-refractivity contribution < 1.29 is 45.4 Å². The van der Waals surface area contributed by atoms with Gasteiger partial charge in [-0.25, -0.2) is 9.59 Å². The third kappa shape index (κ3) is 5.75. The van der Waals surface area contributed by atoms with E-state index >= 15 is 0 Å². The summed E-state index contributed by atoms with van der Waals surface area (Å²) in [5.74, 6) is -1.92. The number of ether oxygens (including phenoxy) is 2. The number of rotatable bonds is 6. The molecule has 1 rings (SSSR count). The molecule has 0 aromatic heterocycles. The largest absolute Gasteiger partial charge is 0.462 e. The van der Waals surface area contributed by atoms with E-state index in [1.165, 1.54) is 26.1 Å². The van der Waals surface area contributed by atoms with Crippen molar-refractivity contribution in [3.05, 3.63) is 29.8 Å². The number of halogens is 6. The Labute approximate surface area is 156 Å². The lowest BCUT2D eigenvalue weighted by atomic mass is 10.2. The van der Waals surface area contributed by atoms with E-state index in [4.69, 9.17) is 0 Å². The third-order valence-electron chi connectivity index (χ3n) is 3.11. The van der Waals surface area contributed by atoms with Crippen molar-refractivity contribution in [1.29, 1.82) is 0 Å². The number of hydrogen-bond acceptors (Lipinski definition) is 4. The molecule has 1 atom stereocenters. The molecule has 1 aromatic rings. The number of hydrogen-bond donors (Lipinski definition) is 2. The van der Waals surface area contributed by atoms with Crippen LogP contribution >= 0.6 is 0 Å². The summed E-state index contributed by atoms with van der Waals surface area (Å²) in [6.07, 6.45) is -11.3. The molecule has 1 aromatic carbocycles. The van der Waals surface area contributed by atoms with Crippen LogP contribution in [0.3, 0.4) is 0 Å². The number of carbonyl (C=O) groups is 2. The highest BCUT2D eigenvalue weighted by Gasteiger charge is 2.65. The summed E-state index contributed by atoms with van der Waals surface area (Å²) >= 11 is 0. The quantitative estimate of drug-likeness (QED) is 0.416. The molecule has 0 fully saturated rings. The van der Waals surface area contributed by atoms with E-state index < -0.39 is 54.0 Å². The van der Waals surface area contributed by atoms with Crippen LogP contribution in [0.1, 0.15) is 26.3 Å². The second-order valence-corrected chi connectivity index (χ2v) is 5.72. The Morgan fingerprint density at radius 3 is 2.18 bits per heavy atom. The van der Waals surface area contributed by atoms with Gasteiger partial charge in [0, 0.05) is 5.69 Å². The minimum atomic E-state index is -5.42. The summed E-state index contributed by atoms with van der Waals surface area (Å²) in [6, 6.07) is 1.58. The van der Waals surface area contributed by atoms with Crippen LogP contribution in [0.5, 0.6) is 0 Å². The molecule has 28 heavy (non-hydrogen) atoms. The average molecular weight is 416 g/mol. The van der Waals surface area contributed by atoms with Crippen LogP contribution in [-0.2, 0) is 20.4 Å². The van der Waals surface area contributed by atoms with Crippen molar-refractivity contribution in [1.82, 2.24) is 5.32 Å². The molecule has 0 bridgehead atoms. The van der Waals surface area contributed by atoms with E-state index in [9.17, 15) is 35.9 Å². The zero-order valence-electron chi connectivity index (χ0n) is 15.0. The Bertz CT molecular complexity index is 705. The number of benzene rings is 1. The number of carbonyl (C=O) groups excluding carboxylic acids is 2. The molecule has 0 heterocycles. The zero-order chi connectivity index (χ0) is 21.8. The molecular weight excluding hydrogens is 398 g/mol. The molecule has 2 N–H and O–H groups in total. The van der Waals surface area contributed by atoms with E-state index in [2.05, 4.69) is 9.47 Å². The first-order valence-corrected chi connectivity index (χ1v) is 7.91. The SMILES string of the molecule is CCOC(=O)[C@](NC(=O)Nc1cccc(C(F)(F)F)c1)(OC(C)C)C(F)(F)F. The first-order chi connectivity index (χ1) is 12.7. The van der Waals surface area contributed by atoms with Crippen LogP contribution in [-0.4, -0.2) is 36.6 Å². The van der Waals surface area contributed by atoms with Gasteiger partial charge < -0.3 is 14.8 Å². The molecule has 0 unspecified atom stereocenters. The normalized spacial score (nSPS) is 14.4. The highest BCUT2D eigenvalue weighted by molar-refractivity contribution is 5.94. The highest BCUT2D eigenvalue weighted by Crippen LogP contribution is 2.34. The van der Waals surface area contributed by atoms with E-state index in [0.717, 1.165) is 12.1 Å². The lowest BCUT2D eigenvalue weighted by Gasteiger charge is -2.35.